The van der Waals surface area contributed by atoms with E-state index in [1.165, 1.54) is 12.0 Å². The van der Waals surface area contributed by atoms with E-state index in [1.54, 1.807) is 19.2 Å². The van der Waals surface area contributed by atoms with Crippen molar-refractivity contribution in [3.05, 3.63) is 29.8 Å². The van der Waals surface area contributed by atoms with E-state index >= 15 is 0 Å². The zero-order valence-corrected chi connectivity index (χ0v) is 13.0. The van der Waals surface area contributed by atoms with Crippen LogP contribution in [0.4, 0.5) is 5.69 Å². The van der Waals surface area contributed by atoms with Crippen molar-refractivity contribution in [3.63, 3.8) is 0 Å². The number of esters is 1. The van der Waals surface area contributed by atoms with Gasteiger partial charge >= 0.3 is 5.97 Å². The van der Waals surface area contributed by atoms with Gasteiger partial charge in [-0.25, -0.2) is 0 Å². The average molecular weight is 294 g/mol. The van der Waals surface area contributed by atoms with Crippen molar-refractivity contribution in [2.45, 2.75) is 0 Å². The van der Waals surface area contributed by atoms with E-state index in [-0.39, 0.29) is 12.5 Å². The van der Waals surface area contributed by atoms with Crippen LogP contribution in [0.15, 0.2) is 24.3 Å². The number of carbonyl (C=O) groups is 2. The molecule has 6 heteroatoms. The highest BCUT2D eigenvalue weighted by Gasteiger charge is 2.19. The summed E-state index contributed by atoms with van der Waals surface area (Å²) in [6, 6.07) is 7.25. The normalized spacial score (nSPS) is 10.1. The summed E-state index contributed by atoms with van der Waals surface area (Å²) in [5.41, 5.74) is 1.45. The van der Waals surface area contributed by atoms with Crippen LogP contribution in [0.3, 0.4) is 0 Å². The van der Waals surface area contributed by atoms with Gasteiger partial charge in [0.05, 0.1) is 13.7 Å². The minimum atomic E-state index is -0.455. The lowest BCUT2D eigenvalue weighted by Gasteiger charge is -2.22. The molecule has 1 aromatic carbocycles. The fraction of sp³-hybridized carbons (Fsp3) is 0.467. The van der Waals surface area contributed by atoms with Gasteiger partial charge in [-0.3, -0.25) is 9.59 Å². The summed E-state index contributed by atoms with van der Waals surface area (Å²) in [6.45, 7) is 0.595. The molecule has 0 spiro atoms. The van der Waals surface area contributed by atoms with Gasteiger partial charge in [-0.05, 0) is 18.2 Å². The topological polar surface area (TPSA) is 59.1 Å². The first-order chi connectivity index (χ1) is 9.99. The molecule has 0 aliphatic carbocycles. The van der Waals surface area contributed by atoms with Gasteiger partial charge in [0.15, 0.2) is 0 Å². The van der Waals surface area contributed by atoms with Crippen molar-refractivity contribution in [2.24, 2.45) is 0 Å². The lowest BCUT2D eigenvalue weighted by molar-refractivity contribution is -0.141. The van der Waals surface area contributed by atoms with Crippen LogP contribution < -0.4 is 4.90 Å². The Morgan fingerprint density at radius 3 is 2.48 bits per heavy atom. The van der Waals surface area contributed by atoms with Gasteiger partial charge in [0.25, 0.3) is 5.91 Å². The summed E-state index contributed by atoms with van der Waals surface area (Å²) in [5.74, 6) is -0.677. The van der Waals surface area contributed by atoms with Gasteiger partial charge in [-0.2, -0.15) is 0 Å². The van der Waals surface area contributed by atoms with Crippen LogP contribution in [0.2, 0.25) is 0 Å². The quantitative estimate of drug-likeness (QED) is 0.703. The van der Waals surface area contributed by atoms with Crippen molar-refractivity contribution in [2.75, 3.05) is 52.9 Å². The van der Waals surface area contributed by atoms with Crippen LogP contribution in [0, 0.1) is 0 Å². The molecular weight excluding hydrogens is 272 g/mol. The van der Waals surface area contributed by atoms with E-state index < -0.39 is 5.97 Å². The van der Waals surface area contributed by atoms with Crippen molar-refractivity contribution in [3.8, 4) is 0 Å². The molecule has 0 fully saturated rings. The molecule has 1 rings (SSSR count). The Hall–Kier alpha value is -2.08. The van der Waals surface area contributed by atoms with Gasteiger partial charge in [0.1, 0.15) is 6.54 Å². The van der Waals surface area contributed by atoms with E-state index in [4.69, 9.17) is 4.74 Å². The first-order valence-corrected chi connectivity index (χ1v) is 6.62. The van der Waals surface area contributed by atoms with Gasteiger partial charge in [0.2, 0.25) is 0 Å². The number of hydrogen-bond acceptors (Lipinski definition) is 5. The predicted molar refractivity (Wildman–Crippen MR) is 80.6 cm³/mol. The number of ether oxygens (including phenoxy) is 2. The summed E-state index contributed by atoms with van der Waals surface area (Å²) >= 11 is 0. The largest absolute Gasteiger partial charge is 0.468 e. The number of benzene rings is 1. The van der Waals surface area contributed by atoms with Gasteiger partial charge in [-0.1, -0.05) is 6.07 Å². The predicted octanol–water partition coefficient (Wildman–Crippen LogP) is 1.01. The maximum Gasteiger partial charge on any atom is 0.325 e. The fourth-order valence-corrected chi connectivity index (χ4v) is 1.77. The van der Waals surface area contributed by atoms with Gasteiger partial charge < -0.3 is 19.3 Å². The molecule has 0 bridgehead atoms. The maximum atomic E-state index is 12.5. The summed E-state index contributed by atoms with van der Waals surface area (Å²) in [6.07, 6.45) is 0. The van der Waals surface area contributed by atoms with E-state index in [1.807, 2.05) is 31.1 Å². The SMILES string of the molecule is COCCN(CC(=O)OC)C(=O)c1cccc(N(C)C)c1. The van der Waals surface area contributed by atoms with Crippen molar-refractivity contribution >= 4 is 17.6 Å². The van der Waals surface area contributed by atoms with Crippen LogP contribution in [-0.2, 0) is 14.3 Å². The average Bonchev–Trinajstić information content (AvgIpc) is 2.50. The fourth-order valence-electron chi connectivity index (χ4n) is 1.77. The first kappa shape index (κ1) is 17.0. The Bertz CT molecular complexity index is 488. The lowest BCUT2D eigenvalue weighted by atomic mass is 10.1. The number of rotatable bonds is 7. The standard InChI is InChI=1S/C15H22N2O4/c1-16(2)13-7-5-6-12(10-13)15(19)17(8-9-20-3)11-14(18)21-4/h5-7,10H,8-9,11H2,1-4H3. The molecule has 0 aliphatic rings. The maximum absolute atomic E-state index is 12.5. The molecule has 1 amide bonds. The third-order valence-corrected chi connectivity index (χ3v) is 3.01. The van der Waals surface area contributed by atoms with Crippen molar-refractivity contribution in [1.82, 2.24) is 4.90 Å². The molecule has 0 heterocycles. The third kappa shape index (κ3) is 5.07. The molecule has 21 heavy (non-hydrogen) atoms. The Kier molecular flexibility index (Phi) is 6.68. The molecule has 0 saturated carbocycles. The number of anilines is 1. The molecule has 0 radical (unpaired) electrons. The molecular formula is C15H22N2O4. The van der Waals surface area contributed by atoms with Crippen LogP contribution in [-0.4, -0.2) is 64.8 Å². The second kappa shape index (κ2) is 8.26. The highest BCUT2D eigenvalue weighted by atomic mass is 16.5. The lowest BCUT2D eigenvalue weighted by Crippen LogP contribution is -2.38. The second-order valence-corrected chi connectivity index (χ2v) is 4.74. The Labute approximate surface area is 125 Å². The molecule has 0 unspecified atom stereocenters. The monoisotopic (exact) mass is 294 g/mol. The highest BCUT2D eigenvalue weighted by Crippen LogP contribution is 2.15. The molecule has 1 aromatic rings. The smallest absolute Gasteiger partial charge is 0.325 e. The van der Waals surface area contributed by atoms with Crippen LogP contribution >= 0.6 is 0 Å². The minimum absolute atomic E-state index is 0.0924. The number of carbonyl (C=O) groups excluding carboxylic acids is 2. The Morgan fingerprint density at radius 1 is 1.19 bits per heavy atom. The third-order valence-electron chi connectivity index (χ3n) is 3.01. The highest BCUT2D eigenvalue weighted by molar-refractivity contribution is 5.96. The number of amides is 1. The summed E-state index contributed by atoms with van der Waals surface area (Å²) in [5, 5.41) is 0. The molecule has 116 valence electrons. The number of hydrogen-bond donors (Lipinski definition) is 0. The molecule has 0 aliphatic heterocycles. The summed E-state index contributed by atoms with van der Waals surface area (Å²) in [4.78, 5) is 27.3. The Morgan fingerprint density at radius 2 is 1.90 bits per heavy atom. The second-order valence-electron chi connectivity index (χ2n) is 4.74. The van der Waals surface area contributed by atoms with Crippen LogP contribution in [0.25, 0.3) is 0 Å². The molecule has 0 N–H and O–H groups in total. The minimum Gasteiger partial charge on any atom is -0.468 e. The van der Waals surface area contributed by atoms with E-state index in [0.29, 0.717) is 18.7 Å². The summed E-state index contributed by atoms with van der Waals surface area (Å²) < 4.78 is 9.61. The van der Waals surface area contributed by atoms with Crippen molar-refractivity contribution < 1.29 is 19.1 Å². The molecule has 0 aromatic heterocycles. The zero-order valence-electron chi connectivity index (χ0n) is 13.0. The summed E-state index contributed by atoms with van der Waals surface area (Å²) in [7, 11) is 6.66. The van der Waals surface area contributed by atoms with Gasteiger partial charge in [-0.15, -0.1) is 0 Å². The number of methoxy groups -OCH3 is 2. The molecule has 0 saturated heterocycles. The number of nitrogens with zero attached hydrogens (tertiary/aromatic N) is 2. The van der Waals surface area contributed by atoms with E-state index in [2.05, 4.69) is 4.74 Å². The van der Waals surface area contributed by atoms with Crippen LogP contribution in [0.1, 0.15) is 10.4 Å². The van der Waals surface area contributed by atoms with Crippen LogP contribution in [0.5, 0.6) is 0 Å². The zero-order chi connectivity index (χ0) is 15.8. The van der Waals surface area contributed by atoms with E-state index in [0.717, 1.165) is 5.69 Å². The van der Waals surface area contributed by atoms with Gasteiger partial charge in [0, 0.05) is 39.0 Å². The first-order valence-electron chi connectivity index (χ1n) is 6.62. The van der Waals surface area contributed by atoms with E-state index in [9.17, 15) is 9.59 Å². The molecule has 0 atom stereocenters. The molecule has 6 nitrogen and oxygen atoms in total. The van der Waals surface area contributed by atoms with Crippen molar-refractivity contribution in [1.29, 1.82) is 0 Å². The Balaban J connectivity index is 2.92.